The number of nitrogens with one attached hydrogen (secondary N) is 1. The van der Waals surface area contributed by atoms with E-state index in [1.54, 1.807) is 13.1 Å². The van der Waals surface area contributed by atoms with Crippen LogP contribution in [-0.2, 0) is 0 Å². The molecule has 0 aliphatic rings. The molecule has 1 aromatic heterocycles. The first-order chi connectivity index (χ1) is 9.01. The van der Waals surface area contributed by atoms with E-state index in [2.05, 4.69) is 10.3 Å². The van der Waals surface area contributed by atoms with Gasteiger partial charge >= 0.3 is 0 Å². The molecular formula is C13H17ClN4O. The first-order valence-electron chi connectivity index (χ1n) is 6.04. The van der Waals surface area contributed by atoms with Gasteiger partial charge in [-0.05, 0) is 19.9 Å². The Morgan fingerprint density at radius 2 is 2.37 bits per heavy atom. The molecule has 0 bridgehead atoms. The van der Waals surface area contributed by atoms with Crippen LogP contribution in [0.1, 0.15) is 30.6 Å². The fourth-order valence-electron chi connectivity index (χ4n) is 1.53. The predicted octanol–water partition coefficient (Wildman–Crippen LogP) is 2.54. The highest BCUT2D eigenvalue weighted by molar-refractivity contribution is 6.33. The summed E-state index contributed by atoms with van der Waals surface area (Å²) in [7, 11) is 1.66. The van der Waals surface area contributed by atoms with Crippen molar-refractivity contribution in [3.05, 3.63) is 22.8 Å². The lowest BCUT2D eigenvalue weighted by atomic mass is 10.2. The van der Waals surface area contributed by atoms with E-state index in [0.717, 1.165) is 0 Å². The number of nitriles is 1. The predicted molar refractivity (Wildman–Crippen MR) is 75.2 cm³/mol. The Morgan fingerprint density at radius 1 is 1.68 bits per heavy atom. The van der Waals surface area contributed by atoms with Gasteiger partial charge in [0.1, 0.15) is 5.82 Å². The molecule has 0 fully saturated rings. The summed E-state index contributed by atoms with van der Waals surface area (Å²) in [4.78, 5) is 17.8. The Labute approximate surface area is 118 Å². The van der Waals surface area contributed by atoms with E-state index < -0.39 is 0 Å². The Balaban J connectivity index is 2.89. The summed E-state index contributed by atoms with van der Waals surface area (Å²) < 4.78 is 0. The van der Waals surface area contributed by atoms with Crippen LogP contribution in [0.3, 0.4) is 0 Å². The maximum atomic E-state index is 12.2. The van der Waals surface area contributed by atoms with E-state index in [4.69, 9.17) is 16.9 Å². The second-order valence-corrected chi connectivity index (χ2v) is 4.62. The lowest BCUT2D eigenvalue weighted by molar-refractivity contribution is 0.0746. The lowest BCUT2D eigenvalue weighted by Gasteiger charge is -2.23. The molecule has 102 valence electrons. The van der Waals surface area contributed by atoms with E-state index >= 15 is 0 Å². The topological polar surface area (TPSA) is 69.0 Å². The number of carbonyl (C=O) groups is 1. The number of halogens is 1. The Morgan fingerprint density at radius 3 is 2.89 bits per heavy atom. The molecule has 0 saturated carbocycles. The maximum absolute atomic E-state index is 12.2. The van der Waals surface area contributed by atoms with Gasteiger partial charge in [0.25, 0.3) is 5.91 Å². The number of hydrogen-bond acceptors (Lipinski definition) is 4. The summed E-state index contributed by atoms with van der Waals surface area (Å²) in [5.74, 6) is 0.369. The standard InChI is InChI=1S/C13H17ClN4O/c1-4-16-12-11(14)7-10(8-17-12)13(19)18(3)9(2)5-6-15/h7-9H,4-5H2,1-3H3,(H,16,17). The van der Waals surface area contributed by atoms with Crippen molar-refractivity contribution in [3.63, 3.8) is 0 Å². The number of amides is 1. The van der Waals surface area contributed by atoms with Crippen LogP contribution in [0.2, 0.25) is 5.02 Å². The minimum atomic E-state index is -0.194. The van der Waals surface area contributed by atoms with Gasteiger partial charge in [-0.15, -0.1) is 0 Å². The molecule has 0 saturated heterocycles. The van der Waals surface area contributed by atoms with Gasteiger partial charge in [-0.25, -0.2) is 4.98 Å². The van der Waals surface area contributed by atoms with Gasteiger partial charge in [-0.1, -0.05) is 11.6 Å². The Kier molecular flexibility index (Phi) is 5.58. The maximum Gasteiger partial charge on any atom is 0.255 e. The van der Waals surface area contributed by atoms with Gasteiger partial charge in [0.2, 0.25) is 0 Å². The van der Waals surface area contributed by atoms with Gasteiger partial charge in [0.15, 0.2) is 0 Å². The number of aromatic nitrogens is 1. The van der Waals surface area contributed by atoms with Gasteiger partial charge in [-0.3, -0.25) is 4.79 Å². The highest BCUT2D eigenvalue weighted by Gasteiger charge is 2.18. The molecule has 1 atom stereocenters. The van der Waals surface area contributed by atoms with Crippen molar-refractivity contribution in [2.75, 3.05) is 18.9 Å². The molecule has 1 rings (SSSR count). The molecular weight excluding hydrogens is 264 g/mol. The highest BCUT2D eigenvalue weighted by Crippen LogP contribution is 2.21. The SMILES string of the molecule is CCNc1ncc(C(=O)N(C)C(C)CC#N)cc1Cl. The average Bonchev–Trinajstić information content (AvgIpc) is 2.40. The van der Waals surface area contributed by atoms with Crippen LogP contribution in [-0.4, -0.2) is 35.4 Å². The molecule has 0 spiro atoms. The third-order valence-electron chi connectivity index (χ3n) is 2.80. The molecule has 0 radical (unpaired) electrons. The van der Waals surface area contributed by atoms with E-state index in [9.17, 15) is 4.79 Å². The van der Waals surface area contributed by atoms with Crippen molar-refractivity contribution in [3.8, 4) is 6.07 Å². The van der Waals surface area contributed by atoms with Crippen molar-refractivity contribution >= 4 is 23.3 Å². The average molecular weight is 281 g/mol. The zero-order chi connectivity index (χ0) is 14.4. The van der Waals surface area contributed by atoms with Crippen LogP contribution in [0.4, 0.5) is 5.82 Å². The van der Waals surface area contributed by atoms with Crippen LogP contribution in [0.15, 0.2) is 12.3 Å². The van der Waals surface area contributed by atoms with Gasteiger partial charge in [0, 0.05) is 25.8 Å². The molecule has 1 aromatic rings. The number of nitrogens with zero attached hydrogens (tertiary/aromatic N) is 3. The summed E-state index contributed by atoms with van der Waals surface area (Å²) in [6.45, 7) is 4.47. The van der Waals surface area contributed by atoms with E-state index in [-0.39, 0.29) is 11.9 Å². The number of carbonyl (C=O) groups excluding carboxylic acids is 1. The summed E-state index contributed by atoms with van der Waals surface area (Å²) in [5, 5.41) is 12.1. The first kappa shape index (κ1) is 15.3. The van der Waals surface area contributed by atoms with Crippen molar-refractivity contribution in [1.82, 2.24) is 9.88 Å². The molecule has 0 aromatic carbocycles. The molecule has 1 heterocycles. The van der Waals surface area contributed by atoms with Gasteiger partial charge in [-0.2, -0.15) is 5.26 Å². The zero-order valence-corrected chi connectivity index (χ0v) is 12.0. The fourth-order valence-corrected chi connectivity index (χ4v) is 1.76. The Bertz CT molecular complexity index is 498. The fraction of sp³-hybridized carbons (Fsp3) is 0.462. The molecule has 1 N–H and O–H groups in total. The van der Waals surface area contributed by atoms with Crippen molar-refractivity contribution in [2.24, 2.45) is 0 Å². The number of hydrogen-bond donors (Lipinski definition) is 1. The molecule has 0 aliphatic carbocycles. The molecule has 0 aliphatic heterocycles. The minimum Gasteiger partial charge on any atom is -0.369 e. The number of pyridine rings is 1. The minimum absolute atomic E-state index is 0.148. The quantitative estimate of drug-likeness (QED) is 0.900. The molecule has 6 heteroatoms. The monoisotopic (exact) mass is 280 g/mol. The zero-order valence-electron chi connectivity index (χ0n) is 11.3. The van der Waals surface area contributed by atoms with Crippen LogP contribution in [0, 0.1) is 11.3 Å². The molecule has 1 amide bonds. The highest BCUT2D eigenvalue weighted by atomic mass is 35.5. The van der Waals surface area contributed by atoms with Crippen LogP contribution in [0.5, 0.6) is 0 Å². The molecule has 19 heavy (non-hydrogen) atoms. The smallest absolute Gasteiger partial charge is 0.255 e. The lowest BCUT2D eigenvalue weighted by Crippen LogP contribution is -2.34. The van der Waals surface area contributed by atoms with Crippen molar-refractivity contribution < 1.29 is 4.79 Å². The summed E-state index contributed by atoms with van der Waals surface area (Å²) >= 11 is 6.05. The summed E-state index contributed by atoms with van der Waals surface area (Å²) in [6, 6.07) is 3.49. The van der Waals surface area contributed by atoms with Crippen LogP contribution >= 0.6 is 11.6 Å². The van der Waals surface area contributed by atoms with Gasteiger partial charge < -0.3 is 10.2 Å². The van der Waals surface area contributed by atoms with Crippen LogP contribution in [0.25, 0.3) is 0 Å². The summed E-state index contributed by atoms with van der Waals surface area (Å²) in [5.41, 5.74) is 0.416. The number of rotatable bonds is 5. The third-order valence-corrected chi connectivity index (χ3v) is 3.09. The summed E-state index contributed by atoms with van der Waals surface area (Å²) in [6.07, 6.45) is 1.78. The largest absolute Gasteiger partial charge is 0.369 e. The van der Waals surface area contributed by atoms with E-state index in [1.165, 1.54) is 11.1 Å². The molecule has 1 unspecified atom stereocenters. The van der Waals surface area contributed by atoms with E-state index in [0.29, 0.717) is 29.4 Å². The van der Waals surface area contributed by atoms with Crippen molar-refractivity contribution in [2.45, 2.75) is 26.3 Å². The normalized spacial score (nSPS) is 11.5. The Hall–Kier alpha value is -1.80. The van der Waals surface area contributed by atoms with Crippen molar-refractivity contribution in [1.29, 1.82) is 5.26 Å². The second kappa shape index (κ2) is 6.95. The molecule has 5 nitrogen and oxygen atoms in total. The second-order valence-electron chi connectivity index (χ2n) is 4.21. The van der Waals surface area contributed by atoms with Crippen LogP contribution < -0.4 is 5.32 Å². The van der Waals surface area contributed by atoms with Gasteiger partial charge in [0.05, 0.1) is 23.1 Å². The third kappa shape index (κ3) is 3.83. The van der Waals surface area contributed by atoms with E-state index in [1.807, 2.05) is 19.9 Å². The first-order valence-corrected chi connectivity index (χ1v) is 6.42. The number of anilines is 1.